The normalized spacial score (nSPS) is 21.2. The van der Waals surface area contributed by atoms with Crippen molar-refractivity contribution in [2.24, 2.45) is 0 Å². The number of aryl methyl sites for hydroxylation is 2. The van der Waals surface area contributed by atoms with Gasteiger partial charge in [-0.25, -0.2) is 0 Å². The van der Waals surface area contributed by atoms with Crippen LogP contribution in [-0.2, 0) is 0 Å². The highest BCUT2D eigenvalue weighted by molar-refractivity contribution is 8.00. The molecule has 2 heterocycles. The Hall–Kier alpha value is -0.320. The molecule has 1 saturated heterocycles. The Kier molecular flexibility index (Phi) is 4.87. The maximum Gasteiger partial charge on any atom is 0.177 e. The summed E-state index contributed by atoms with van der Waals surface area (Å²) in [6.07, 6.45) is 1.20. The fourth-order valence-electron chi connectivity index (χ4n) is 2.37. The van der Waals surface area contributed by atoms with Crippen molar-refractivity contribution in [3.05, 3.63) is 21.4 Å². The van der Waals surface area contributed by atoms with Gasteiger partial charge in [0.1, 0.15) is 0 Å². The lowest BCUT2D eigenvalue weighted by atomic mass is 10.1. The minimum Gasteiger partial charge on any atom is -0.294 e. The van der Waals surface area contributed by atoms with Gasteiger partial charge in [-0.05, 0) is 26.3 Å². The Bertz CT molecular complexity index is 427. The summed E-state index contributed by atoms with van der Waals surface area (Å²) >= 11 is 3.77. The molecule has 1 fully saturated rings. The summed E-state index contributed by atoms with van der Waals surface area (Å²) in [6.45, 7) is 9.05. The zero-order chi connectivity index (χ0) is 13.1. The minimum absolute atomic E-state index is 0.290. The number of hydrogen-bond donors (Lipinski definition) is 0. The van der Waals surface area contributed by atoms with Crippen LogP contribution in [-0.4, -0.2) is 41.3 Å². The number of carbonyl (C=O) groups excluding carboxylic acids is 1. The molecule has 2 rings (SSSR count). The third-order valence-electron chi connectivity index (χ3n) is 3.39. The van der Waals surface area contributed by atoms with Crippen LogP contribution in [0, 0.1) is 13.8 Å². The Morgan fingerprint density at radius 3 is 2.89 bits per heavy atom. The molecular weight excluding hydrogens is 262 g/mol. The predicted octanol–water partition coefficient (Wildman–Crippen LogP) is 3.38. The van der Waals surface area contributed by atoms with Crippen LogP contribution in [0.1, 0.15) is 33.5 Å². The molecule has 0 aromatic carbocycles. The van der Waals surface area contributed by atoms with Gasteiger partial charge in [-0.3, -0.25) is 9.69 Å². The van der Waals surface area contributed by atoms with Gasteiger partial charge in [0.05, 0.1) is 6.54 Å². The third-order valence-corrected chi connectivity index (χ3v) is 5.72. The molecule has 0 N–H and O–H groups in total. The van der Waals surface area contributed by atoms with E-state index in [1.54, 1.807) is 11.3 Å². The van der Waals surface area contributed by atoms with Gasteiger partial charge in [0.25, 0.3) is 0 Å². The van der Waals surface area contributed by atoms with Crippen LogP contribution in [0.5, 0.6) is 0 Å². The van der Waals surface area contributed by atoms with E-state index in [4.69, 9.17) is 0 Å². The summed E-state index contributed by atoms with van der Waals surface area (Å²) in [6, 6.07) is 2.04. The van der Waals surface area contributed by atoms with E-state index in [0.29, 0.717) is 17.6 Å². The van der Waals surface area contributed by atoms with Gasteiger partial charge < -0.3 is 0 Å². The zero-order valence-electron chi connectivity index (χ0n) is 11.4. The highest BCUT2D eigenvalue weighted by Gasteiger charge is 2.22. The second kappa shape index (κ2) is 6.22. The summed E-state index contributed by atoms with van der Waals surface area (Å²) in [5, 5.41) is 0.705. The monoisotopic (exact) mass is 283 g/mol. The first-order valence-corrected chi connectivity index (χ1v) is 8.41. The lowest BCUT2D eigenvalue weighted by Gasteiger charge is -2.31. The van der Waals surface area contributed by atoms with Crippen LogP contribution in [0.4, 0.5) is 0 Å². The first-order chi connectivity index (χ1) is 8.60. The standard InChI is InChI=1S/C14H21NOS2/c1-4-12-8-15(5-6-17-12)9-14(16)13-7-10(2)18-11(13)3/h7,12H,4-6,8-9H2,1-3H3. The lowest BCUT2D eigenvalue weighted by molar-refractivity contribution is 0.0932. The minimum atomic E-state index is 0.290. The van der Waals surface area contributed by atoms with Crippen molar-refractivity contribution in [2.75, 3.05) is 25.4 Å². The molecule has 1 aromatic heterocycles. The fraction of sp³-hybridized carbons (Fsp3) is 0.643. The number of thioether (sulfide) groups is 1. The van der Waals surface area contributed by atoms with Crippen molar-refractivity contribution in [1.82, 2.24) is 4.90 Å². The Morgan fingerprint density at radius 1 is 1.50 bits per heavy atom. The van der Waals surface area contributed by atoms with Gasteiger partial charge in [0, 0.05) is 39.4 Å². The van der Waals surface area contributed by atoms with Crippen LogP contribution >= 0.6 is 23.1 Å². The van der Waals surface area contributed by atoms with E-state index in [-0.39, 0.29) is 0 Å². The van der Waals surface area contributed by atoms with E-state index in [0.717, 1.165) is 29.3 Å². The molecule has 0 saturated carbocycles. The van der Waals surface area contributed by atoms with Crippen LogP contribution in [0.2, 0.25) is 0 Å². The number of ketones is 1. The summed E-state index contributed by atoms with van der Waals surface area (Å²) in [4.78, 5) is 17.0. The molecule has 4 heteroatoms. The summed E-state index contributed by atoms with van der Waals surface area (Å²) in [7, 11) is 0. The van der Waals surface area contributed by atoms with E-state index >= 15 is 0 Å². The van der Waals surface area contributed by atoms with E-state index in [1.807, 2.05) is 24.8 Å². The molecule has 0 radical (unpaired) electrons. The number of rotatable bonds is 4. The first-order valence-electron chi connectivity index (χ1n) is 6.54. The molecule has 1 unspecified atom stereocenters. The fourth-order valence-corrected chi connectivity index (χ4v) is 4.56. The van der Waals surface area contributed by atoms with Crippen LogP contribution < -0.4 is 0 Å². The zero-order valence-corrected chi connectivity index (χ0v) is 13.0. The van der Waals surface area contributed by atoms with Gasteiger partial charge in [-0.2, -0.15) is 11.8 Å². The second-order valence-electron chi connectivity index (χ2n) is 4.89. The van der Waals surface area contributed by atoms with Crippen molar-refractivity contribution in [3.63, 3.8) is 0 Å². The van der Waals surface area contributed by atoms with Crippen molar-refractivity contribution < 1.29 is 4.79 Å². The molecule has 0 spiro atoms. The van der Waals surface area contributed by atoms with Crippen molar-refractivity contribution in [1.29, 1.82) is 0 Å². The summed E-state index contributed by atoms with van der Waals surface area (Å²) in [5.74, 6) is 1.45. The Labute approximate surface area is 118 Å². The number of hydrogen-bond acceptors (Lipinski definition) is 4. The Morgan fingerprint density at radius 2 is 2.28 bits per heavy atom. The summed E-state index contributed by atoms with van der Waals surface area (Å²) in [5.41, 5.74) is 0.934. The molecule has 1 aliphatic rings. The predicted molar refractivity (Wildman–Crippen MR) is 81.1 cm³/mol. The molecule has 0 bridgehead atoms. The van der Waals surface area contributed by atoms with Gasteiger partial charge in [0.15, 0.2) is 5.78 Å². The molecule has 1 aromatic rings. The van der Waals surface area contributed by atoms with E-state index in [9.17, 15) is 4.79 Å². The SMILES string of the molecule is CCC1CN(CC(=O)c2cc(C)sc2C)CCS1. The van der Waals surface area contributed by atoms with E-state index in [2.05, 4.69) is 18.7 Å². The maximum atomic E-state index is 12.3. The number of thiophene rings is 1. The van der Waals surface area contributed by atoms with Crippen LogP contribution in [0.3, 0.4) is 0 Å². The van der Waals surface area contributed by atoms with Crippen molar-refractivity contribution in [2.45, 2.75) is 32.4 Å². The molecule has 1 atom stereocenters. The summed E-state index contributed by atoms with van der Waals surface area (Å²) < 4.78 is 0. The number of carbonyl (C=O) groups is 1. The maximum absolute atomic E-state index is 12.3. The van der Waals surface area contributed by atoms with Crippen molar-refractivity contribution >= 4 is 28.9 Å². The van der Waals surface area contributed by atoms with Crippen molar-refractivity contribution in [3.8, 4) is 0 Å². The molecule has 0 amide bonds. The largest absolute Gasteiger partial charge is 0.294 e. The molecule has 100 valence electrons. The number of nitrogens with zero attached hydrogens (tertiary/aromatic N) is 1. The van der Waals surface area contributed by atoms with Crippen LogP contribution in [0.25, 0.3) is 0 Å². The van der Waals surface area contributed by atoms with Gasteiger partial charge in [-0.15, -0.1) is 11.3 Å². The third kappa shape index (κ3) is 3.37. The van der Waals surface area contributed by atoms with Crippen LogP contribution in [0.15, 0.2) is 6.07 Å². The Balaban J connectivity index is 1.97. The smallest absolute Gasteiger partial charge is 0.177 e. The lowest BCUT2D eigenvalue weighted by Crippen LogP contribution is -2.40. The van der Waals surface area contributed by atoms with Gasteiger partial charge >= 0.3 is 0 Å². The quantitative estimate of drug-likeness (QED) is 0.790. The van der Waals surface area contributed by atoms with Gasteiger partial charge in [0.2, 0.25) is 0 Å². The molecule has 18 heavy (non-hydrogen) atoms. The van der Waals surface area contributed by atoms with E-state index < -0.39 is 0 Å². The molecular formula is C14H21NOS2. The van der Waals surface area contributed by atoms with E-state index in [1.165, 1.54) is 11.3 Å². The molecule has 2 nitrogen and oxygen atoms in total. The topological polar surface area (TPSA) is 20.3 Å². The highest BCUT2D eigenvalue weighted by atomic mass is 32.2. The number of Topliss-reactive ketones (excluding diaryl/α,β-unsaturated/α-hetero) is 1. The highest BCUT2D eigenvalue weighted by Crippen LogP contribution is 2.23. The van der Waals surface area contributed by atoms with Gasteiger partial charge in [-0.1, -0.05) is 6.92 Å². The first kappa shape index (κ1) is 14.1. The molecule has 0 aliphatic carbocycles. The molecule has 1 aliphatic heterocycles. The average molecular weight is 283 g/mol. The second-order valence-corrected chi connectivity index (χ2v) is 7.75. The average Bonchev–Trinajstić information content (AvgIpc) is 2.69.